The van der Waals surface area contributed by atoms with E-state index in [9.17, 15) is 4.79 Å². The molecule has 0 atom stereocenters. The zero-order chi connectivity index (χ0) is 18.8. The molecule has 1 aromatic carbocycles. The second-order valence-corrected chi connectivity index (χ2v) is 6.65. The van der Waals surface area contributed by atoms with Crippen molar-refractivity contribution in [2.75, 3.05) is 18.6 Å². The van der Waals surface area contributed by atoms with Crippen molar-refractivity contribution in [3.63, 3.8) is 0 Å². The Hall–Kier alpha value is -2.41. The molecule has 2 aromatic rings. The van der Waals surface area contributed by atoms with Crippen LogP contribution < -0.4 is 10.2 Å². The second-order valence-electron chi connectivity index (χ2n) is 5.65. The van der Waals surface area contributed by atoms with Gasteiger partial charge in [0.1, 0.15) is 10.6 Å². The van der Waals surface area contributed by atoms with Crippen LogP contribution in [0.3, 0.4) is 0 Å². The number of nitrogens with zero attached hydrogens (tertiary/aromatic N) is 2. The molecule has 1 aromatic heterocycles. The summed E-state index contributed by atoms with van der Waals surface area (Å²) < 4.78 is 10.7. The first-order valence-corrected chi connectivity index (χ1v) is 9.62. The lowest BCUT2D eigenvalue weighted by Gasteiger charge is -2.05. The molecular formula is C19H25N3O3S. The fraction of sp³-hybridized carbons (Fsp3) is 0.421. The van der Waals surface area contributed by atoms with E-state index in [1.165, 1.54) is 24.2 Å². The fourth-order valence-corrected chi connectivity index (χ4v) is 2.99. The van der Waals surface area contributed by atoms with Gasteiger partial charge in [0.25, 0.3) is 0 Å². The van der Waals surface area contributed by atoms with Crippen molar-refractivity contribution in [1.82, 2.24) is 4.98 Å². The molecule has 7 heteroatoms. The number of hydrazone groups is 1. The SMILES string of the molecule is CCCCCOc1ccc(/C=N\Nc2nc(C)c(C(=O)OCC)s2)cc1. The lowest BCUT2D eigenvalue weighted by atomic mass is 10.2. The van der Waals surface area contributed by atoms with Crippen LogP contribution in [0.1, 0.15) is 54.0 Å². The Labute approximate surface area is 158 Å². The molecule has 0 unspecified atom stereocenters. The molecule has 140 valence electrons. The largest absolute Gasteiger partial charge is 0.494 e. The number of nitrogens with one attached hydrogen (secondary N) is 1. The van der Waals surface area contributed by atoms with Crippen LogP contribution in [-0.4, -0.2) is 30.4 Å². The lowest BCUT2D eigenvalue weighted by molar-refractivity contribution is 0.0531. The first-order valence-electron chi connectivity index (χ1n) is 8.80. The quantitative estimate of drug-likeness (QED) is 0.283. The number of carbonyl (C=O) groups is 1. The molecule has 0 saturated heterocycles. The first kappa shape index (κ1) is 19.9. The molecule has 0 fully saturated rings. The van der Waals surface area contributed by atoms with Gasteiger partial charge in [0, 0.05) is 0 Å². The van der Waals surface area contributed by atoms with Gasteiger partial charge < -0.3 is 9.47 Å². The van der Waals surface area contributed by atoms with Crippen molar-refractivity contribution in [3.8, 4) is 5.75 Å². The van der Waals surface area contributed by atoms with Crippen molar-refractivity contribution in [2.24, 2.45) is 5.10 Å². The maximum atomic E-state index is 11.8. The van der Waals surface area contributed by atoms with E-state index < -0.39 is 0 Å². The molecule has 6 nitrogen and oxygen atoms in total. The van der Waals surface area contributed by atoms with E-state index in [-0.39, 0.29) is 5.97 Å². The molecular weight excluding hydrogens is 350 g/mol. The summed E-state index contributed by atoms with van der Waals surface area (Å²) in [6.45, 7) is 6.81. The predicted octanol–water partition coefficient (Wildman–Crippen LogP) is 4.64. The Morgan fingerprint density at radius 1 is 1.27 bits per heavy atom. The number of carbonyl (C=O) groups excluding carboxylic acids is 1. The highest BCUT2D eigenvalue weighted by Crippen LogP contribution is 2.23. The zero-order valence-corrected chi connectivity index (χ0v) is 16.3. The summed E-state index contributed by atoms with van der Waals surface area (Å²) in [7, 11) is 0. The molecule has 0 amide bonds. The first-order chi connectivity index (χ1) is 12.6. The highest BCUT2D eigenvalue weighted by Gasteiger charge is 2.15. The lowest BCUT2D eigenvalue weighted by Crippen LogP contribution is -2.03. The van der Waals surface area contributed by atoms with Crippen LogP contribution in [0.4, 0.5) is 5.13 Å². The van der Waals surface area contributed by atoms with Crippen LogP contribution >= 0.6 is 11.3 Å². The van der Waals surface area contributed by atoms with Gasteiger partial charge in [-0.1, -0.05) is 31.1 Å². The summed E-state index contributed by atoms with van der Waals surface area (Å²) >= 11 is 1.23. The second kappa shape index (κ2) is 10.6. The molecule has 26 heavy (non-hydrogen) atoms. The number of anilines is 1. The smallest absolute Gasteiger partial charge is 0.350 e. The molecule has 0 aliphatic heterocycles. The van der Waals surface area contributed by atoms with Crippen molar-refractivity contribution in [1.29, 1.82) is 0 Å². The number of hydrogen-bond acceptors (Lipinski definition) is 7. The number of benzene rings is 1. The van der Waals surface area contributed by atoms with E-state index in [4.69, 9.17) is 9.47 Å². The van der Waals surface area contributed by atoms with Gasteiger partial charge in [-0.25, -0.2) is 9.78 Å². The number of ether oxygens (including phenoxy) is 2. The van der Waals surface area contributed by atoms with Crippen molar-refractivity contribution in [3.05, 3.63) is 40.4 Å². The van der Waals surface area contributed by atoms with Crippen LogP contribution in [0.15, 0.2) is 29.4 Å². The molecule has 0 radical (unpaired) electrons. The number of hydrogen-bond donors (Lipinski definition) is 1. The van der Waals surface area contributed by atoms with Gasteiger partial charge >= 0.3 is 5.97 Å². The molecule has 1 N–H and O–H groups in total. The summed E-state index contributed by atoms with van der Waals surface area (Å²) in [4.78, 5) is 16.6. The zero-order valence-electron chi connectivity index (χ0n) is 15.4. The molecule has 0 saturated carbocycles. The molecule has 0 bridgehead atoms. The Balaban J connectivity index is 1.86. The number of aromatic nitrogens is 1. The molecule has 0 aliphatic carbocycles. The fourth-order valence-electron chi connectivity index (χ4n) is 2.18. The van der Waals surface area contributed by atoms with E-state index >= 15 is 0 Å². The third-order valence-electron chi connectivity index (χ3n) is 3.53. The van der Waals surface area contributed by atoms with E-state index in [2.05, 4.69) is 22.4 Å². The number of esters is 1. The molecule has 0 spiro atoms. The summed E-state index contributed by atoms with van der Waals surface area (Å²) in [6.07, 6.45) is 5.14. The van der Waals surface area contributed by atoms with E-state index in [1.807, 2.05) is 24.3 Å². The Morgan fingerprint density at radius 2 is 2.04 bits per heavy atom. The van der Waals surface area contributed by atoms with E-state index in [0.717, 1.165) is 24.3 Å². The van der Waals surface area contributed by atoms with Crippen LogP contribution in [0.5, 0.6) is 5.75 Å². The van der Waals surface area contributed by atoms with Crippen molar-refractivity contribution in [2.45, 2.75) is 40.0 Å². The van der Waals surface area contributed by atoms with Gasteiger partial charge in [-0.2, -0.15) is 5.10 Å². The standard InChI is InChI=1S/C19H25N3O3S/c1-4-6-7-12-25-16-10-8-15(9-11-16)13-20-22-19-21-14(3)17(26-19)18(23)24-5-2/h8-11,13H,4-7,12H2,1-3H3,(H,21,22)/b20-13-. The molecule has 1 heterocycles. The topological polar surface area (TPSA) is 72.8 Å². The average Bonchev–Trinajstić information content (AvgIpc) is 3.01. The summed E-state index contributed by atoms with van der Waals surface area (Å²) in [5.74, 6) is 0.509. The average molecular weight is 375 g/mol. The van der Waals surface area contributed by atoms with Gasteiger partial charge in [0.15, 0.2) is 0 Å². The van der Waals surface area contributed by atoms with E-state index in [1.54, 1.807) is 20.1 Å². The minimum absolute atomic E-state index is 0.343. The normalized spacial score (nSPS) is 10.9. The van der Waals surface area contributed by atoms with Gasteiger partial charge in [-0.15, -0.1) is 0 Å². The highest BCUT2D eigenvalue weighted by molar-refractivity contribution is 7.17. The van der Waals surface area contributed by atoms with E-state index in [0.29, 0.717) is 22.3 Å². The molecule has 0 aliphatic rings. The number of thiazole rings is 1. The number of aryl methyl sites for hydroxylation is 1. The third kappa shape index (κ3) is 6.15. The van der Waals surface area contributed by atoms with Crippen LogP contribution in [0.25, 0.3) is 0 Å². The maximum Gasteiger partial charge on any atom is 0.350 e. The minimum Gasteiger partial charge on any atom is -0.494 e. The Kier molecular flexibility index (Phi) is 8.08. The van der Waals surface area contributed by atoms with Crippen molar-refractivity contribution >= 4 is 28.7 Å². The highest BCUT2D eigenvalue weighted by atomic mass is 32.1. The number of unbranched alkanes of at least 4 members (excludes halogenated alkanes) is 2. The maximum absolute atomic E-state index is 11.8. The summed E-state index contributed by atoms with van der Waals surface area (Å²) in [5, 5.41) is 4.72. The molecule has 2 rings (SSSR count). The predicted molar refractivity (Wildman–Crippen MR) is 105 cm³/mol. The van der Waals surface area contributed by atoms with Crippen LogP contribution in [0, 0.1) is 6.92 Å². The van der Waals surface area contributed by atoms with Gasteiger partial charge in [0.2, 0.25) is 5.13 Å². The monoisotopic (exact) mass is 375 g/mol. The third-order valence-corrected chi connectivity index (χ3v) is 4.57. The van der Waals surface area contributed by atoms with Gasteiger partial charge in [0.05, 0.1) is 25.1 Å². The Morgan fingerprint density at radius 3 is 2.73 bits per heavy atom. The van der Waals surface area contributed by atoms with Crippen LogP contribution in [-0.2, 0) is 4.74 Å². The minimum atomic E-state index is -0.353. The number of rotatable bonds is 10. The van der Waals surface area contributed by atoms with Crippen LogP contribution in [0.2, 0.25) is 0 Å². The summed E-state index contributed by atoms with van der Waals surface area (Å²) in [6, 6.07) is 7.74. The Bertz CT molecular complexity index is 726. The van der Waals surface area contributed by atoms with Gasteiger partial charge in [-0.3, -0.25) is 5.43 Å². The van der Waals surface area contributed by atoms with Gasteiger partial charge in [-0.05, 0) is 50.1 Å². The summed E-state index contributed by atoms with van der Waals surface area (Å²) in [5.41, 5.74) is 4.43. The van der Waals surface area contributed by atoms with Crippen molar-refractivity contribution < 1.29 is 14.3 Å².